The molecule has 1 aliphatic rings. The number of nitrogens with one attached hydrogen (secondary N) is 2. The van der Waals surface area contributed by atoms with E-state index in [1.807, 2.05) is 30.3 Å². The molecule has 0 spiro atoms. The monoisotopic (exact) mass is 361 g/mol. The van der Waals surface area contributed by atoms with Gasteiger partial charge in [0.25, 0.3) is 5.56 Å². The van der Waals surface area contributed by atoms with Gasteiger partial charge in [0.05, 0.1) is 0 Å². The second kappa shape index (κ2) is 7.66. The van der Waals surface area contributed by atoms with Gasteiger partial charge in [0.2, 0.25) is 5.91 Å². The summed E-state index contributed by atoms with van der Waals surface area (Å²) in [6, 6.07) is 18.0. The number of carbonyl (C=O) groups is 1. The fourth-order valence-electron chi connectivity index (χ4n) is 3.68. The van der Waals surface area contributed by atoms with E-state index in [4.69, 9.17) is 0 Å². The zero-order chi connectivity index (χ0) is 18.6. The topological polar surface area (TPSA) is 65.2 Å². The van der Waals surface area contributed by atoms with Crippen LogP contribution in [0.4, 0.5) is 5.69 Å². The number of fused-ring (bicyclic) bond motifs is 2. The summed E-state index contributed by atoms with van der Waals surface area (Å²) in [7, 11) is 0. The molecule has 1 aliphatic heterocycles. The third-order valence-electron chi connectivity index (χ3n) is 5.14. The number of benzene rings is 2. The molecule has 0 saturated carbocycles. The molecule has 0 radical (unpaired) electrons. The molecule has 0 atom stereocenters. The molecule has 1 aromatic heterocycles. The standard InChI is InChI=1S/C22H23N3O2/c26-21(23-12-14-25-13-11-16-5-2-4-8-20(16)25)10-9-18-15-17-6-1-3-7-19(17)24-22(18)27/h1-8,15H,9-14H2,(H,23,26)(H,24,27). The number of H-pyrrole nitrogens is 1. The molecule has 2 aromatic carbocycles. The SMILES string of the molecule is O=C(CCc1cc2ccccc2[nH]c1=O)NCCN1CCc2ccccc21. The minimum Gasteiger partial charge on any atom is -0.369 e. The molecular weight excluding hydrogens is 338 g/mol. The number of para-hydroxylation sites is 2. The lowest BCUT2D eigenvalue weighted by atomic mass is 10.1. The minimum absolute atomic E-state index is 0.0185. The van der Waals surface area contributed by atoms with Crippen molar-refractivity contribution in [1.29, 1.82) is 0 Å². The fraction of sp³-hybridized carbons (Fsp3) is 0.273. The van der Waals surface area contributed by atoms with Gasteiger partial charge in [-0.3, -0.25) is 9.59 Å². The Labute approximate surface area is 158 Å². The van der Waals surface area contributed by atoms with Crippen LogP contribution in [0.5, 0.6) is 0 Å². The molecule has 0 fully saturated rings. The highest BCUT2D eigenvalue weighted by atomic mass is 16.1. The van der Waals surface area contributed by atoms with E-state index in [0.717, 1.165) is 30.4 Å². The fourth-order valence-corrected chi connectivity index (χ4v) is 3.68. The first-order chi connectivity index (χ1) is 13.2. The summed E-state index contributed by atoms with van der Waals surface area (Å²) >= 11 is 0. The quantitative estimate of drug-likeness (QED) is 0.709. The number of hydrogen-bond donors (Lipinski definition) is 2. The van der Waals surface area contributed by atoms with Crippen LogP contribution in [0.3, 0.4) is 0 Å². The third-order valence-corrected chi connectivity index (χ3v) is 5.14. The maximum Gasteiger partial charge on any atom is 0.251 e. The lowest BCUT2D eigenvalue weighted by Gasteiger charge is -2.19. The molecule has 4 rings (SSSR count). The van der Waals surface area contributed by atoms with Crippen molar-refractivity contribution in [3.05, 3.63) is 76.1 Å². The Morgan fingerprint density at radius 1 is 1.11 bits per heavy atom. The Hall–Kier alpha value is -3.08. The highest BCUT2D eigenvalue weighted by molar-refractivity contribution is 5.79. The molecule has 2 heterocycles. The van der Waals surface area contributed by atoms with E-state index in [1.165, 1.54) is 11.3 Å². The van der Waals surface area contributed by atoms with E-state index >= 15 is 0 Å². The van der Waals surface area contributed by atoms with Crippen molar-refractivity contribution < 1.29 is 4.79 Å². The van der Waals surface area contributed by atoms with Gasteiger partial charge in [-0.2, -0.15) is 0 Å². The number of carbonyl (C=O) groups excluding carboxylic acids is 1. The molecule has 3 aromatic rings. The Morgan fingerprint density at radius 3 is 2.85 bits per heavy atom. The van der Waals surface area contributed by atoms with Crippen LogP contribution in [-0.4, -0.2) is 30.5 Å². The van der Waals surface area contributed by atoms with Crippen molar-refractivity contribution in [1.82, 2.24) is 10.3 Å². The van der Waals surface area contributed by atoms with E-state index < -0.39 is 0 Å². The molecule has 5 heteroatoms. The zero-order valence-electron chi connectivity index (χ0n) is 15.2. The highest BCUT2D eigenvalue weighted by Gasteiger charge is 2.17. The third kappa shape index (κ3) is 3.87. The second-order valence-electron chi connectivity index (χ2n) is 6.93. The van der Waals surface area contributed by atoms with Gasteiger partial charge in [-0.25, -0.2) is 0 Å². The first-order valence-electron chi connectivity index (χ1n) is 9.41. The number of aromatic amines is 1. The number of aryl methyl sites for hydroxylation is 1. The van der Waals surface area contributed by atoms with E-state index in [0.29, 0.717) is 24.9 Å². The van der Waals surface area contributed by atoms with Gasteiger partial charge in [-0.05, 0) is 42.0 Å². The van der Waals surface area contributed by atoms with Gasteiger partial charge < -0.3 is 15.2 Å². The summed E-state index contributed by atoms with van der Waals surface area (Å²) in [6.07, 6.45) is 1.82. The van der Waals surface area contributed by atoms with Gasteiger partial charge in [0.15, 0.2) is 0 Å². The maximum absolute atomic E-state index is 12.2. The van der Waals surface area contributed by atoms with Gasteiger partial charge in [0, 0.05) is 42.8 Å². The average Bonchev–Trinajstić information content (AvgIpc) is 3.09. The summed E-state index contributed by atoms with van der Waals surface area (Å²) in [5, 5.41) is 3.96. The lowest BCUT2D eigenvalue weighted by Crippen LogP contribution is -2.34. The molecule has 0 bridgehead atoms. The number of amides is 1. The van der Waals surface area contributed by atoms with Crippen molar-refractivity contribution in [3.8, 4) is 0 Å². The number of aromatic nitrogens is 1. The number of rotatable bonds is 6. The Bertz CT molecular complexity index is 1030. The van der Waals surface area contributed by atoms with Crippen molar-refractivity contribution in [2.24, 2.45) is 0 Å². The second-order valence-corrected chi connectivity index (χ2v) is 6.93. The number of nitrogens with zero attached hydrogens (tertiary/aromatic N) is 1. The zero-order valence-corrected chi connectivity index (χ0v) is 15.2. The summed E-state index contributed by atoms with van der Waals surface area (Å²) in [5.74, 6) is -0.0185. The van der Waals surface area contributed by atoms with E-state index in [9.17, 15) is 9.59 Å². The number of hydrogen-bond acceptors (Lipinski definition) is 3. The largest absolute Gasteiger partial charge is 0.369 e. The van der Waals surface area contributed by atoms with Crippen LogP contribution in [0.25, 0.3) is 10.9 Å². The van der Waals surface area contributed by atoms with Crippen LogP contribution in [0, 0.1) is 0 Å². The van der Waals surface area contributed by atoms with Crippen LogP contribution >= 0.6 is 0 Å². The Balaban J connectivity index is 1.28. The number of pyridine rings is 1. The molecule has 0 aliphatic carbocycles. The molecule has 0 unspecified atom stereocenters. The van der Waals surface area contributed by atoms with Crippen molar-refractivity contribution in [2.45, 2.75) is 19.3 Å². The maximum atomic E-state index is 12.2. The normalized spacial score (nSPS) is 13.0. The summed E-state index contributed by atoms with van der Waals surface area (Å²) in [6.45, 7) is 2.42. The summed E-state index contributed by atoms with van der Waals surface area (Å²) < 4.78 is 0. The van der Waals surface area contributed by atoms with Crippen LogP contribution in [0.2, 0.25) is 0 Å². The first-order valence-corrected chi connectivity index (χ1v) is 9.41. The van der Waals surface area contributed by atoms with E-state index in [1.54, 1.807) is 0 Å². The summed E-state index contributed by atoms with van der Waals surface area (Å²) in [5.41, 5.74) is 4.00. The number of anilines is 1. The van der Waals surface area contributed by atoms with Gasteiger partial charge in [-0.1, -0.05) is 36.4 Å². The molecule has 1 amide bonds. The highest BCUT2D eigenvalue weighted by Crippen LogP contribution is 2.26. The van der Waals surface area contributed by atoms with Gasteiger partial charge >= 0.3 is 0 Å². The molecule has 5 nitrogen and oxygen atoms in total. The van der Waals surface area contributed by atoms with Crippen molar-refractivity contribution >= 4 is 22.5 Å². The molecule has 2 N–H and O–H groups in total. The molecule has 27 heavy (non-hydrogen) atoms. The van der Waals surface area contributed by atoms with E-state index in [-0.39, 0.29) is 11.5 Å². The predicted octanol–water partition coefficient (Wildman–Crippen LogP) is 2.64. The van der Waals surface area contributed by atoms with Crippen LogP contribution in [0.15, 0.2) is 59.4 Å². The molecule has 0 saturated heterocycles. The van der Waals surface area contributed by atoms with Crippen LogP contribution in [-0.2, 0) is 17.6 Å². The minimum atomic E-state index is -0.116. The van der Waals surface area contributed by atoms with Crippen molar-refractivity contribution in [2.75, 3.05) is 24.5 Å². The Morgan fingerprint density at radius 2 is 1.93 bits per heavy atom. The first kappa shape index (κ1) is 17.3. The van der Waals surface area contributed by atoms with Gasteiger partial charge in [-0.15, -0.1) is 0 Å². The molecule has 138 valence electrons. The van der Waals surface area contributed by atoms with Crippen LogP contribution in [0.1, 0.15) is 17.5 Å². The average molecular weight is 361 g/mol. The predicted molar refractivity (Wildman–Crippen MR) is 108 cm³/mol. The van der Waals surface area contributed by atoms with Gasteiger partial charge in [0.1, 0.15) is 0 Å². The van der Waals surface area contributed by atoms with E-state index in [2.05, 4.69) is 39.5 Å². The van der Waals surface area contributed by atoms with Crippen molar-refractivity contribution in [3.63, 3.8) is 0 Å². The summed E-state index contributed by atoms with van der Waals surface area (Å²) in [4.78, 5) is 29.5. The lowest BCUT2D eigenvalue weighted by molar-refractivity contribution is -0.120. The molecular formula is C22H23N3O2. The van der Waals surface area contributed by atoms with Crippen LogP contribution < -0.4 is 15.8 Å². The Kier molecular flexibility index (Phi) is 4.92. The smallest absolute Gasteiger partial charge is 0.251 e.